The number of hydrogen-bond acceptors (Lipinski definition) is 3. The maximum Gasteiger partial charge on any atom is 0.269 e. The van der Waals surface area contributed by atoms with Gasteiger partial charge in [-0.3, -0.25) is 10.1 Å². The van der Waals surface area contributed by atoms with Gasteiger partial charge in [0.15, 0.2) is 0 Å². The van der Waals surface area contributed by atoms with Gasteiger partial charge in [-0.1, -0.05) is 6.07 Å². The number of benzene rings is 1. The average Bonchev–Trinajstić information content (AvgIpc) is 2.28. The number of hydrogen-bond donors (Lipinski definition) is 1. The molecule has 2 aliphatic heterocycles. The smallest absolute Gasteiger partial charge is 0.269 e. The standard InChI is InChI=1S/C13H16N2O2/c16-15(17)13-4-2-10-6-12-3-1-9(8-14-12)5-11(10)7-13/h2,4,7,9,12,14H,1,3,5-6,8H2. The molecule has 1 aromatic rings. The third kappa shape index (κ3) is 2.05. The Hall–Kier alpha value is -1.42. The number of fused-ring (bicyclic) bond motifs is 2. The Bertz CT molecular complexity index is 451. The van der Waals surface area contributed by atoms with E-state index in [4.69, 9.17) is 0 Å². The lowest BCUT2D eigenvalue weighted by Gasteiger charge is -2.34. The Labute approximate surface area is 100 Å². The summed E-state index contributed by atoms with van der Waals surface area (Å²) in [5.74, 6) is 0.646. The van der Waals surface area contributed by atoms with E-state index < -0.39 is 0 Å². The zero-order valence-electron chi connectivity index (χ0n) is 9.69. The third-order valence-electron chi connectivity index (χ3n) is 3.99. The van der Waals surface area contributed by atoms with Crippen molar-refractivity contribution in [3.63, 3.8) is 0 Å². The predicted octanol–water partition coefficient (Wildman–Crippen LogP) is 2.06. The minimum Gasteiger partial charge on any atom is -0.313 e. The summed E-state index contributed by atoms with van der Waals surface area (Å²) in [4.78, 5) is 10.5. The first-order chi connectivity index (χ1) is 8.22. The maximum absolute atomic E-state index is 10.8. The first kappa shape index (κ1) is 10.7. The maximum atomic E-state index is 10.8. The van der Waals surface area contributed by atoms with Gasteiger partial charge < -0.3 is 5.32 Å². The van der Waals surface area contributed by atoms with Crippen LogP contribution in [-0.4, -0.2) is 17.5 Å². The van der Waals surface area contributed by atoms with Crippen molar-refractivity contribution in [3.05, 3.63) is 39.4 Å². The Balaban J connectivity index is 1.98. The Kier molecular flexibility index (Phi) is 2.59. The van der Waals surface area contributed by atoms with Gasteiger partial charge >= 0.3 is 0 Å². The van der Waals surface area contributed by atoms with Crippen LogP contribution in [0.3, 0.4) is 0 Å². The molecule has 1 aromatic carbocycles. The molecule has 0 radical (unpaired) electrons. The van der Waals surface area contributed by atoms with Crippen molar-refractivity contribution in [1.29, 1.82) is 0 Å². The lowest BCUT2D eigenvalue weighted by molar-refractivity contribution is -0.384. The van der Waals surface area contributed by atoms with Gasteiger partial charge in [-0.15, -0.1) is 0 Å². The van der Waals surface area contributed by atoms with E-state index in [2.05, 4.69) is 5.32 Å². The monoisotopic (exact) mass is 232 g/mol. The number of rotatable bonds is 1. The quantitative estimate of drug-likeness (QED) is 0.595. The highest BCUT2D eigenvalue weighted by molar-refractivity contribution is 5.41. The summed E-state index contributed by atoms with van der Waals surface area (Å²) in [7, 11) is 0. The molecule has 4 nitrogen and oxygen atoms in total. The molecule has 4 heteroatoms. The first-order valence-corrected chi connectivity index (χ1v) is 6.22. The molecule has 0 saturated carbocycles. The molecule has 0 amide bonds. The van der Waals surface area contributed by atoms with Crippen LogP contribution in [0.15, 0.2) is 18.2 Å². The van der Waals surface area contributed by atoms with E-state index >= 15 is 0 Å². The minimum atomic E-state index is -0.296. The molecule has 3 aliphatic rings. The fourth-order valence-corrected chi connectivity index (χ4v) is 3.01. The predicted molar refractivity (Wildman–Crippen MR) is 65.0 cm³/mol. The second-order valence-electron chi connectivity index (χ2n) is 5.17. The summed E-state index contributed by atoms with van der Waals surface area (Å²) in [5.41, 5.74) is 2.71. The largest absolute Gasteiger partial charge is 0.313 e. The van der Waals surface area contributed by atoms with Gasteiger partial charge in [-0.05, 0) is 49.3 Å². The Morgan fingerprint density at radius 2 is 2.12 bits per heavy atom. The SMILES string of the molecule is O=[N+]([O-])c1ccc2c(c1)CC1CCC(C2)NC1. The Morgan fingerprint density at radius 1 is 1.24 bits per heavy atom. The highest BCUT2D eigenvalue weighted by atomic mass is 16.6. The van der Waals surface area contributed by atoms with E-state index in [1.807, 2.05) is 6.07 Å². The van der Waals surface area contributed by atoms with Crippen LogP contribution < -0.4 is 5.32 Å². The molecule has 2 atom stereocenters. The van der Waals surface area contributed by atoms with Crippen LogP contribution in [0.4, 0.5) is 5.69 Å². The van der Waals surface area contributed by atoms with Gasteiger partial charge in [-0.2, -0.15) is 0 Å². The number of nitro benzene ring substituents is 1. The lowest BCUT2D eigenvalue weighted by atomic mass is 9.81. The van der Waals surface area contributed by atoms with E-state index in [1.165, 1.54) is 24.0 Å². The molecule has 1 aliphatic carbocycles. The highest BCUT2D eigenvalue weighted by Gasteiger charge is 2.26. The molecule has 4 rings (SSSR count). The van der Waals surface area contributed by atoms with Gasteiger partial charge in [0, 0.05) is 18.2 Å². The molecule has 2 unspecified atom stereocenters. The molecule has 2 heterocycles. The van der Waals surface area contributed by atoms with Gasteiger partial charge in [0.25, 0.3) is 5.69 Å². The minimum absolute atomic E-state index is 0.230. The molecule has 0 spiro atoms. The van der Waals surface area contributed by atoms with Crippen LogP contribution in [0, 0.1) is 16.0 Å². The zero-order chi connectivity index (χ0) is 11.8. The fraction of sp³-hybridized carbons (Fsp3) is 0.538. The third-order valence-corrected chi connectivity index (χ3v) is 3.99. The molecule has 90 valence electrons. The fourth-order valence-electron chi connectivity index (χ4n) is 3.01. The molecule has 1 N–H and O–H groups in total. The van der Waals surface area contributed by atoms with Crippen molar-refractivity contribution in [1.82, 2.24) is 5.32 Å². The van der Waals surface area contributed by atoms with E-state index in [0.29, 0.717) is 12.0 Å². The molecular weight excluding hydrogens is 216 g/mol. The Morgan fingerprint density at radius 3 is 2.82 bits per heavy atom. The number of non-ortho nitro benzene ring substituents is 1. The van der Waals surface area contributed by atoms with Crippen molar-refractivity contribution < 1.29 is 4.92 Å². The second-order valence-corrected chi connectivity index (χ2v) is 5.17. The van der Waals surface area contributed by atoms with Gasteiger partial charge in [-0.25, -0.2) is 0 Å². The summed E-state index contributed by atoms with van der Waals surface area (Å²) in [6.07, 6.45) is 4.48. The number of piperidine rings is 1. The summed E-state index contributed by atoms with van der Waals surface area (Å²) < 4.78 is 0. The molecular formula is C13H16N2O2. The molecule has 1 fully saturated rings. The van der Waals surface area contributed by atoms with Gasteiger partial charge in [0.1, 0.15) is 0 Å². The van der Waals surface area contributed by atoms with Gasteiger partial charge in [0.2, 0.25) is 0 Å². The molecule has 17 heavy (non-hydrogen) atoms. The van der Waals surface area contributed by atoms with Crippen molar-refractivity contribution in [2.75, 3.05) is 6.54 Å². The van der Waals surface area contributed by atoms with E-state index in [-0.39, 0.29) is 10.6 Å². The number of nitro groups is 1. The van der Waals surface area contributed by atoms with Crippen LogP contribution in [0.1, 0.15) is 24.0 Å². The van der Waals surface area contributed by atoms with Crippen molar-refractivity contribution in [2.45, 2.75) is 31.7 Å². The summed E-state index contributed by atoms with van der Waals surface area (Å²) in [5, 5.41) is 14.4. The van der Waals surface area contributed by atoms with E-state index in [1.54, 1.807) is 12.1 Å². The topological polar surface area (TPSA) is 55.2 Å². The van der Waals surface area contributed by atoms with Crippen LogP contribution >= 0.6 is 0 Å². The normalized spacial score (nSPS) is 27.1. The van der Waals surface area contributed by atoms with Crippen LogP contribution in [0.25, 0.3) is 0 Å². The average molecular weight is 232 g/mol. The first-order valence-electron chi connectivity index (χ1n) is 6.22. The van der Waals surface area contributed by atoms with E-state index in [0.717, 1.165) is 19.4 Å². The van der Waals surface area contributed by atoms with Crippen molar-refractivity contribution in [2.24, 2.45) is 5.92 Å². The number of nitrogens with zero attached hydrogens (tertiary/aromatic N) is 1. The van der Waals surface area contributed by atoms with Gasteiger partial charge in [0.05, 0.1) is 4.92 Å². The second kappa shape index (κ2) is 4.11. The highest BCUT2D eigenvalue weighted by Crippen LogP contribution is 2.29. The number of nitrogens with one attached hydrogen (secondary N) is 1. The summed E-state index contributed by atoms with van der Waals surface area (Å²) >= 11 is 0. The lowest BCUT2D eigenvalue weighted by Crippen LogP contribution is -2.42. The van der Waals surface area contributed by atoms with Crippen LogP contribution in [-0.2, 0) is 12.8 Å². The van der Waals surface area contributed by atoms with Crippen molar-refractivity contribution in [3.8, 4) is 0 Å². The summed E-state index contributed by atoms with van der Waals surface area (Å²) in [6.45, 7) is 1.06. The van der Waals surface area contributed by atoms with Crippen LogP contribution in [0.5, 0.6) is 0 Å². The summed E-state index contributed by atoms with van der Waals surface area (Å²) in [6, 6.07) is 5.91. The molecule has 0 aromatic heterocycles. The van der Waals surface area contributed by atoms with Crippen LogP contribution in [0.2, 0.25) is 0 Å². The van der Waals surface area contributed by atoms with Crippen molar-refractivity contribution >= 4 is 5.69 Å². The zero-order valence-corrected chi connectivity index (χ0v) is 9.69. The molecule has 1 saturated heterocycles. The molecule has 2 bridgehead atoms. The van der Waals surface area contributed by atoms with E-state index in [9.17, 15) is 10.1 Å².